The molecule has 0 spiro atoms. The third-order valence-electron chi connectivity index (χ3n) is 4.75. The van der Waals surface area contributed by atoms with E-state index in [4.69, 9.17) is 24.6 Å². The fraction of sp³-hybridized carbons (Fsp3) is 0.667. The number of nitrogens with one attached hydrogen (secondary N) is 1. The molecule has 0 radical (unpaired) electrons. The molecule has 0 saturated heterocycles. The maximum Gasteiger partial charge on any atom is 0.332 e. The number of carbonyl (C=O) groups is 1. The predicted molar refractivity (Wildman–Crippen MR) is 111 cm³/mol. The van der Waals surface area contributed by atoms with Gasteiger partial charge in [0.15, 0.2) is 0 Å². The fourth-order valence-corrected chi connectivity index (χ4v) is 3.17. The summed E-state index contributed by atoms with van der Waals surface area (Å²) < 4.78 is 16.5. The van der Waals surface area contributed by atoms with Crippen molar-refractivity contribution in [1.29, 1.82) is 0 Å². The molecule has 2 rings (SSSR count). The first kappa shape index (κ1) is 26.4. The lowest BCUT2D eigenvalue weighted by molar-refractivity contribution is -0.493. The number of esters is 1. The summed E-state index contributed by atoms with van der Waals surface area (Å²) >= 11 is 0. The minimum atomic E-state index is -0.853. The molecule has 11 nitrogen and oxygen atoms in total. The van der Waals surface area contributed by atoms with E-state index in [1.165, 1.54) is 0 Å². The van der Waals surface area contributed by atoms with E-state index in [1.807, 2.05) is 32.9 Å². The van der Waals surface area contributed by atoms with Crippen molar-refractivity contribution in [3.63, 3.8) is 0 Å². The van der Waals surface area contributed by atoms with Gasteiger partial charge in [-0.1, -0.05) is 12.1 Å². The van der Waals surface area contributed by atoms with E-state index in [9.17, 15) is 15.0 Å². The van der Waals surface area contributed by atoms with Crippen LogP contribution in [0.4, 0.5) is 0 Å². The van der Waals surface area contributed by atoms with Gasteiger partial charge in [0.05, 0.1) is 30.8 Å². The van der Waals surface area contributed by atoms with Gasteiger partial charge in [-0.25, -0.2) is 9.63 Å². The van der Waals surface area contributed by atoms with Crippen molar-refractivity contribution in [3.8, 4) is 5.75 Å². The number of rotatable bonds is 12. The van der Waals surface area contributed by atoms with Gasteiger partial charge < -0.3 is 29.7 Å². The molecule has 1 aromatic carbocycles. The number of nitrogens with zero attached hydrogens (tertiary/aromatic N) is 1. The Morgan fingerprint density at radius 2 is 1.91 bits per heavy atom. The van der Waals surface area contributed by atoms with Crippen molar-refractivity contribution < 1.29 is 44.5 Å². The largest absolute Gasteiger partial charge is 0.489 e. The van der Waals surface area contributed by atoms with Gasteiger partial charge >= 0.3 is 5.97 Å². The van der Waals surface area contributed by atoms with Gasteiger partial charge in [0.2, 0.25) is 0 Å². The molecule has 1 aliphatic carbocycles. The van der Waals surface area contributed by atoms with E-state index in [0.29, 0.717) is 18.7 Å². The van der Waals surface area contributed by atoms with Crippen LogP contribution in [0.3, 0.4) is 0 Å². The number of hydrogen-bond donors (Lipinski definition) is 5. The molecule has 0 aromatic heterocycles. The maximum atomic E-state index is 12.2. The minimum absolute atomic E-state index is 0.0432. The first-order valence-corrected chi connectivity index (χ1v) is 10.5. The first-order chi connectivity index (χ1) is 15.0. The predicted octanol–water partition coefficient (Wildman–Crippen LogP) is 0.214. The summed E-state index contributed by atoms with van der Waals surface area (Å²) in [7, 11) is 0. The monoisotopic (exact) mass is 458 g/mol. The van der Waals surface area contributed by atoms with Gasteiger partial charge in [0.1, 0.15) is 25.1 Å². The first-order valence-electron chi connectivity index (χ1n) is 10.5. The van der Waals surface area contributed by atoms with E-state index in [-0.39, 0.29) is 38.4 Å². The Balaban J connectivity index is 1.93. The second kappa shape index (κ2) is 12.4. The molecule has 1 aliphatic rings. The molecule has 11 heteroatoms. The fourth-order valence-electron chi connectivity index (χ4n) is 3.17. The molecular weight excluding hydrogens is 424 g/mol. The van der Waals surface area contributed by atoms with Crippen LogP contribution in [-0.2, 0) is 31.9 Å². The molecule has 1 unspecified atom stereocenters. The number of fused-ring (bicyclic) bond motifs is 1. The highest BCUT2D eigenvalue weighted by molar-refractivity contribution is 5.70. The molecule has 0 bridgehead atoms. The van der Waals surface area contributed by atoms with Crippen LogP contribution in [0.5, 0.6) is 5.75 Å². The Bertz CT molecular complexity index is 724. The van der Waals surface area contributed by atoms with E-state index in [0.717, 1.165) is 11.1 Å². The second-order valence-corrected chi connectivity index (χ2v) is 8.63. The topological polar surface area (TPSA) is 150 Å². The molecule has 3 atom stereocenters. The average Bonchev–Trinajstić information content (AvgIpc) is 2.70. The lowest BCUT2D eigenvalue weighted by Crippen LogP contribution is -2.44. The van der Waals surface area contributed by atoms with Gasteiger partial charge in [-0.05, 0) is 32.4 Å². The maximum absolute atomic E-state index is 12.2. The van der Waals surface area contributed by atoms with Crippen LogP contribution in [0.25, 0.3) is 0 Å². The second-order valence-electron chi connectivity index (χ2n) is 8.63. The molecule has 1 aromatic rings. The smallest absolute Gasteiger partial charge is 0.332 e. The van der Waals surface area contributed by atoms with Crippen LogP contribution in [0.2, 0.25) is 0 Å². The highest BCUT2D eigenvalue weighted by atomic mass is 17.1. The van der Waals surface area contributed by atoms with Crippen LogP contribution in [0, 0.1) is 0 Å². The summed E-state index contributed by atoms with van der Waals surface area (Å²) in [5, 5.41) is 39.6. The van der Waals surface area contributed by atoms with E-state index >= 15 is 0 Å². The number of aliphatic hydroxyl groups is 2. The molecule has 32 heavy (non-hydrogen) atoms. The normalized spacial score (nSPS) is 19.5. The average molecular weight is 459 g/mol. The summed E-state index contributed by atoms with van der Waals surface area (Å²) in [5.74, 6) is -0.0241. The summed E-state index contributed by atoms with van der Waals surface area (Å²) in [6.07, 6.45) is -1.63. The van der Waals surface area contributed by atoms with Crippen molar-refractivity contribution in [2.45, 2.75) is 57.5 Å². The van der Waals surface area contributed by atoms with Gasteiger partial charge in [0.25, 0.3) is 0 Å². The number of ether oxygens (including phenoxy) is 3. The van der Waals surface area contributed by atoms with Crippen LogP contribution >= 0.6 is 0 Å². The molecule has 0 amide bonds. The zero-order valence-corrected chi connectivity index (χ0v) is 18.7. The standard InChI is InChI=1S/C21H34N2O9/c1-21(2,3)22-11-15(32-20(26)13-29-7-8-31-23(27)28)12-30-19-6-4-5-14-9-17(24)18(25)10-16(14)19/h4-6,15,17-18,22,24-25,27-28H,7-13H2,1-3H3/t15?,17-,18+/m0/s1. The Hall–Kier alpha value is -1.83. The molecular formula is C21H34N2O9. The summed E-state index contributed by atoms with van der Waals surface area (Å²) in [6.45, 7) is 5.86. The Morgan fingerprint density at radius 1 is 1.19 bits per heavy atom. The van der Waals surface area contributed by atoms with Gasteiger partial charge in [0, 0.05) is 30.5 Å². The third kappa shape index (κ3) is 9.35. The minimum Gasteiger partial charge on any atom is -0.489 e. The lowest BCUT2D eigenvalue weighted by Gasteiger charge is -2.29. The molecule has 0 saturated carbocycles. The Kier molecular flexibility index (Phi) is 10.3. The van der Waals surface area contributed by atoms with Gasteiger partial charge in [-0.2, -0.15) is 0 Å². The number of hydrogen-bond acceptors (Lipinski definition) is 11. The number of carbonyl (C=O) groups excluding carboxylic acids is 1. The van der Waals surface area contributed by atoms with Crippen LogP contribution < -0.4 is 10.1 Å². The highest BCUT2D eigenvalue weighted by Crippen LogP contribution is 2.30. The summed E-state index contributed by atoms with van der Waals surface area (Å²) in [5.41, 5.74) is 1.55. The van der Waals surface area contributed by atoms with E-state index < -0.39 is 29.7 Å². The van der Waals surface area contributed by atoms with Crippen molar-refractivity contribution in [3.05, 3.63) is 29.3 Å². The quantitative estimate of drug-likeness (QED) is 0.166. The van der Waals surface area contributed by atoms with Crippen molar-refractivity contribution in [1.82, 2.24) is 10.7 Å². The Labute approximate surface area is 187 Å². The van der Waals surface area contributed by atoms with Crippen LogP contribution in [-0.4, -0.2) is 88.8 Å². The molecule has 0 aliphatic heterocycles. The van der Waals surface area contributed by atoms with Crippen molar-refractivity contribution in [2.24, 2.45) is 0 Å². The van der Waals surface area contributed by atoms with Crippen molar-refractivity contribution in [2.75, 3.05) is 33.0 Å². The lowest BCUT2D eigenvalue weighted by atomic mass is 9.87. The third-order valence-corrected chi connectivity index (χ3v) is 4.75. The van der Waals surface area contributed by atoms with Crippen molar-refractivity contribution >= 4 is 5.97 Å². The van der Waals surface area contributed by atoms with Gasteiger partial charge in [-0.3, -0.25) is 10.4 Å². The number of benzene rings is 1. The van der Waals surface area contributed by atoms with E-state index in [1.54, 1.807) is 6.07 Å². The molecule has 0 fully saturated rings. The number of aliphatic hydroxyl groups excluding tert-OH is 2. The zero-order chi connectivity index (χ0) is 23.7. The van der Waals surface area contributed by atoms with Gasteiger partial charge in [-0.15, -0.1) is 0 Å². The zero-order valence-electron chi connectivity index (χ0n) is 18.7. The molecule has 5 N–H and O–H groups in total. The van der Waals surface area contributed by atoms with Crippen LogP contribution in [0.15, 0.2) is 18.2 Å². The van der Waals surface area contributed by atoms with E-state index in [2.05, 4.69) is 10.2 Å². The summed E-state index contributed by atoms with van der Waals surface area (Å²) in [6, 6.07) is 5.50. The SMILES string of the molecule is CC(C)(C)NCC(COc1cccc2c1C[C@@H](O)[C@@H](O)C2)OC(=O)COCCON(O)O. The molecule has 182 valence electrons. The van der Waals surface area contributed by atoms with Crippen LogP contribution in [0.1, 0.15) is 31.9 Å². The summed E-state index contributed by atoms with van der Waals surface area (Å²) in [4.78, 5) is 16.5. The molecule has 0 heterocycles. The highest BCUT2D eigenvalue weighted by Gasteiger charge is 2.28. The Morgan fingerprint density at radius 3 is 2.59 bits per heavy atom.